The normalized spacial score (nSPS) is 19.1. The van der Waals surface area contributed by atoms with Gasteiger partial charge in [0.05, 0.1) is 5.56 Å². The van der Waals surface area contributed by atoms with E-state index in [-0.39, 0.29) is 18.6 Å². The summed E-state index contributed by atoms with van der Waals surface area (Å²) < 4.78 is 10.9. The highest BCUT2D eigenvalue weighted by atomic mass is 16.5. The van der Waals surface area contributed by atoms with Crippen LogP contribution in [-0.4, -0.2) is 24.5 Å². The highest BCUT2D eigenvalue weighted by Gasteiger charge is 2.20. The molecule has 0 aliphatic heterocycles. The molecule has 5 heteroatoms. The highest BCUT2D eigenvalue weighted by Crippen LogP contribution is 2.24. The second-order valence-electron chi connectivity index (χ2n) is 7.04. The molecular weight excluding hydrogens is 342 g/mol. The Kier molecular flexibility index (Phi) is 6.47. The number of ether oxygens (including phenoxy) is 2. The molecule has 2 aromatic rings. The Morgan fingerprint density at radius 3 is 2.41 bits per heavy atom. The fourth-order valence-corrected chi connectivity index (χ4v) is 3.20. The quantitative estimate of drug-likeness (QED) is 0.772. The summed E-state index contributed by atoms with van der Waals surface area (Å²) in [6, 6.07) is 16.2. The maximum Gasteiger partial charge on any atom is 0.338 e. The molecule has 0 bridgehead atoms. The Balaban J connectivity index is 1.49. The minimum Gasteiger partial charge on any atom is -0.457 e. The van der Waals surface area contributed by atoms with Gasteiger partial charge in [0, 0.05) is 6.04 Å². The molecule has 1 amide bonds. The molecule has 0 heterocycles. The second-order valence-corrected chi connectivity index (χ2v) is 7.04. The summed E-state index contributed by atoms with van der Waals surface area (Å²) in [5.41, 5.74) is 0.350. The van der Waals surface area contributed by atoms with Gasteiger partial charge in [-0.15, -0.1) is 0 Å². The van der Waals surface area contributed by atoms with Crippen molar-refractivity contribution >= 4 is 11.9 Å². The van der Waals surface area contributed by atoms with E-state index in [9.17, 15) is 9.59 Å². The van der Waals surface area contributed by atoms with Crippen molar-refractivity contribution < 1.29 is 19.1 Å². The van der Waals surface area contributed by atoms with Gasteiger partial charge in [0.2, 0.25) is 0 Å². The third-order valence-corrected chi connectivity index (χ3v) is 4.76. The summed E-state index contributed by atoms with van der Waals surface area (Å²) in [7, 11) is 0. The first-order chi connectivity index (χ1) is 13.1. The van der Waals surface area contributed by atoms with Crippen molar-refractivity contribution in [3.63, 3.8) is 0 Å². The molecule has 0 radical (unpaired) electrons. The number of carbonyl (C=O) groups is 2. The fourth-order valence-electron chi connectivity index (χ4n) is 3.20. The third kappa shape index (κ3) is 5.84. The summed E-state index contributed by atoms with van der Waals surface area (Å²) >= 11 is 0. The minimum atomic E-state index is -0.541. The van der Waals surface area contributed by atoms with Crippen molar-refractivity contribution in [2.75, 3.05) is 6.61 Å². The van der Waals surface area contributed by atoms with Crippen LogP contribution in [-0.2, 0) is 9.53 Å². The van der Waals surface area contributed by atoms with Crippen LogP contribution in [0.1, 0.15) is 43.0 Å². The number of benzene rings is 2. The highest BCUT2D eigenvalue weighted by molar-refractivity contribution is 5.91. The van der Waals surface area contributed by atoms with E-state index in [1.54, 1.807) is 24.3 Å². The lowest BCUT2D eigenvalue weighted by atomic mass is 9.87. The summed E-state index contributed by atoms with van der Waals surface area (Å²) in [5, 5.41) is 2.95. The Bertz CT molecular complexity index is 767. The Morgan fingerprint density at radius 1 is 0.963 bits per heavy atom. The lowest BCUT2D eigenvalue weighted by molar-refractivity contribution is -0.125. The van der Waals surface area contributed by atoms with E-state index in [4.69, 9.17) is 9.47 Å². The van der Waals surface area contributed by atoms with Crippen molar-refractivity contribution in [3.05, 3.63) is 60.2 Å². The molecule has 0 saturated heterocycles. The first-order valence-corrected chi connectivity index (χ1v) is 9.39. The molecule has 142 valence electrons. The number of carbonyl (C=O) groups excluding carboxylic acids is 2. The van der Waals surface area contributed by atoms with E-state index in [1.807, 2.05) is 30.3 Å². The SMILES string of the molecule is CC1CCC(NC(=O)COC(=O)c2cccc(Oc3ccccc3)c2)CC1. The van der Waals surface area contributed by atoms with Gasteiger partial charge in [-0.1, -0.05) is 31.2 Å². The molecule has 3 rings (SSSR count). The van der Waals surface area contributed by atoms with Gasteiger partial charge in [0.25, 0.3) is 5.91 Å². The summed E-state index contributed by atoms with van der Waals surface area (Å²) in [6.07, 6.45) is 4.22. The first-order valence-electron chi connectivity index (χ1n) is 9.39. The largest absolute Gasteiger partial charge is 0.457 e. The van der Waals surface area contributed by atoms with Crippen LogP contribution < -0.4 is 10.1 Å². The number of nitrogens with one attached hydrogen (secondary N) is 1. The van der Waals surface area contributed by atoms with Crippen molar-refractivity contribution in [1.29, 1.82) is 0 Å². The van der Waals surface area contributed by atoms with Gasteiger partial charge in [-0.25, -0.2) is 4.79 Å². The zero-order valence-corrected chi connectivity index (χ0v) is 15.5. The zero-order valence-electron chi connectivity index (χ0n) is 15.5. The van der Waals surface area contributed by atoms with E-state index < -0.39 is 5.97 Å². The van der Waals surface area contributed by atoms with Crippen LogP contribution >= 0.6 is 0 Å². The van der Waals surface area contributed by atoms with E-state index >= 15 is 0 Å². The number of para-hydroxylation sites is 1. The Hall–Kier alpha value is -2.82. The minimum absolute atomic E-state index is 0.190. The smallest absolute Gasteiger partial charge is 0.338 e. The number of hydrogen-bond donors (Lipinski definition) is 1. The molecule has 0 atom stereocenters. The summed E-state index contributed by atoms with van der Waals surface area (Å²) in [6.45, 7) is 1.96. The predicted molar refractivity (Wildman–Crippen MR) is 103 cm³/mol. The van der Waals surface area contributed by atoms with Gasteiger partial charge in [0.1, 0.15) is 11.5 Å². The van der Waals surface area contributed by atoms with Crippen LogP contribution in [0.3, 0.4) is 0 Å². The number of esters is 1. The van der Waals surface area contributed by atoms with Gasteiger partial charge >= 0.3 is 5.97 Å². The molecule has 1 aliphatic carbocycles. The molecule has 0 aromatic heterocycles. The Labute approximate surface area is 159 Å². The molecule has 0 unspecified atom stereocenters. The van der Waals surface area contributed by atoms with Crippen molar-refractivity contribution in [2.24, 2.45) is 5.92 Å². The van der Waals surface area contributed by atoms with Crippen LogP contribution in [0.5, 0.6) is 11.5 Å². The topological polar surface area (TPSA) is 64.6 Å². The molecule has 1 saturated carbocycles. The lowest BCUT2D eigenvalue weighted by Gasteiger charge is -2.26. The van der Waals surface area contributed by atoms with Gasteiger partial charge in [-0.2, -0.15) is 0 Å². The third-order valence-electron chi connectivity index (χ3n) is 4.76. The van der Waals surface area contributed by atoms with Gasteiger partial charge in [-0.3, -0.25) is 4.79 Å². The number of rotatable bonds is 6. The molecule has 1 aliphatic rings. The van der Waals surface area contributed by atoms with Gasteiger partial charge < -0.3 is 14.8 Å². The molecule has 2 aromatic carbocycles. The Morgan fingerprint density at radius 2 is 1.67 bits per heavy atom. The first kappa shape index (κ1) is 19.0. The van der Waals surface area contributed by atoms with Crippen LogP contribution in [0.15, 0.2) is 54.6 Å². The summed E-state index contributed by atoms with van der Waals surface area (Å²) in [4.78, 5) is 24.3. The average Bonchev–Trinajstić information content (AvgIpc) is 2.69. The second kappa shape index (κ2) is 9.21. The van der Waals surface area contributed by atoms with Crippen LogP contribution in [0.2, 0.25) is 0 Å². The molecule has 0 spiro atoms. The molecular formula is C22H25NO4. The average molecular weight is 367 g/mol. The van der Waals surface area contributed by atoms with Crippen molar-refractivity contribution in [3.8, 4) is 11.5 Å². The monoisotopic (exact) mass is 367 g/mol. The van der Waals surface area contributed by atoms with Crippen molar-refractivity contribution in [1.82, 2.24) is 5.32 Å². The number of amides is 1. The van der Waals surface area contributed by atoms with Crippen LogP contribution in [0, 0.1) is 5.92 Å². The van der Waals surface area contributed by atoms with Gasteiger partial charge in [-0.05, 0) is 61.9 Å². The number of hydrogen-bond acceptors (Lipinski definition) is 4. The van der Waals surface area contributed by atoms with Crippen molar-refractivity contribution in [2.45, 2.75) is 38.6 Å². The van der Waals surface area contributed by atoms with E-state index in [0.717, 1.165) is 31.6 Å². The molecule has 27 heavy (non-hydrogen) atoms. The zero-order chi connectivity index (χ0) is 19.1. The van der Waals surface area contributed by atoms with Crippen LogP contribution in [0.25, 0.3) is 0 Å². The maximum atomic E-state index is 12.2. The molecule has 5 nitrogen and oxygen atoms in total. The molecule has 1 fully saturated rings. The maximum absolute atomic E-state index is 12.2. The lowest BCUT2D eigenvalue weighted by Crippen LogP contribution is -2.39. The van der Waals surface area contributed by atoms with E-state index in [1.165, 1.54) is 0 Å². The van der Waals surface area contributed by atoms with Gasteiger partial charge in [0.15, 0.2) is 6.61 Å². The standard InChI is InChI=1S/C22H25NO4/c1-16-10-12-18(13-11-16)23-21(24)15-26-22(25)17-6-5-9-20(14-17)27-19-7-3-2-4-8-19/h2-9,14,16,18H,10-13,15H2,1H3,(H,23,24). The summed E-state index contributed by atoms with van der Waals surface area (Å²) in [5.74, 6) is 1.16. The van der Waals surface area contributed by atoms with E-state index in [2.05, 4.69) is 12.2 Å². The molecule has 1 N–H and O–H groups in total. The van der Waals surface area contributed by atoms with Crippen LogP contribution in [0.4, 0.5) is 0 Å². The predicted octanol–water partition coefficient (Wildman–Crippen LogP) is 4.33. The fraction of sp³-hybridized carbons (Fsp3) is 0.364. The van der Waals surface area contributed by atoms with E-state index in [0.29, 0.717) is 17.1 Å².